The highest BCUT2D eigenvalue weighted by Crippen LogP contribution is 2.60. The standard InChI is InChI=1S/C67H74BN3/c1-43-34-60-62-61(35-43)70(56-31-27-49(64(6,7)8)39-51(56)45-22-16-15-17-23-45)58-38-47-42-65(9,10)41-46(47)37-54(58)68(62)53-29-28-50(40-59(53)69(60)55-30-26-48(36-44(55)2)63(3,4)5)71-57-25-19-18-24-52(57)66(11)32-20-13-14-21-33-67(66,71)12/h15-19,22-31,34-40H,13-14,20-21,32-33,41-42H2,1-12H3. The summed E-state index contributed by atoms with van der Waals surface area (Å²) in [4.78, 5) is 8.17. The van der Waals surface area contributed by atoms with Gasteiger partial charge in [0.15, 0.2) is 0 Å². The Balaban J connectivity index is 1.16. The minimum atomic E-state index is -0.0684. The van der Waals surface area contributed by atoms with Crippen LogP contribution in [0.15, 0.2) is 133 Å². The molecule has 0 N–H and O–H groups in total. The lowest BCUT2D eigenvalue weighted by Crippen LogP contribution is -2.61. The fraction of sp³-hybridized carbons (Fsp3) is 0.373. The molecule has 7 aromatic rings. The molecule has 5 aliphatic rings. The molecule has 0 amide bonds. The first-order valence-corrected chi connectivity index (χ1v) is 27.0. The van der Waals surface area contributed by atoms with Crippen molar-refractivity contribution in [2.75, 3.05) is 14.7 Å². The molecular formula is C67H74BN3. The van der Waals surface area contributed by atoms with Gasteiger partial charge in [-0.3, -0.25) is 0 Å². The molecule has 2 aliphatic carbocycles. The van der Waals surface area contributed by atoms with E-state index in [0.717, 1.165) is 12.8 Å². The van der Waals surface area contributed by atoms with E-state index in [9.17, 15) is 0 Å². The summed E-state index contributed by atoms with van der Waals surface area (Å²) in [6.07, 6.45) is 9.73. The Bertz CT molecular complexity index is 3290. The molecule has 2 unspecified atom stereocenters. The lowest BCUT2D eigenvalue weighted by atomic mass is 9.33. The van der Waals surface area contributed by atoms with Crippen LogP contribution in [0.3, 0.4) is 0 Å². The monoisotopic (exact) mass is 932 g/mol. The van der Waals surface area contributed by atoms with Crippen LogP contribution in [0.4, 0.5) is 45.5 Å². The molecule has 12 rings (SSSR count). The summed E-state index contributed by atoms with van der Waals surface area (Å²) >= 11 is 0. The molecule has 3 nitrogen and oxygen atoms in total. The smallest absolute Gasteiger partial charge is 0.252 e. The first kappa shape index (κ1) is 46.1. The van der Waals surface area contributed by atoms with Crippen LogP contribution in [-0.2, 0) is 29.1 Å². The summed E-state index contributed by atoms with van der Waals surface area (Å²) in [5, 5.41) is 0. The molecule has 7 aromatic carbocycles. The molecule has 360 valence electrons. The number of nitrogens with zero attached hydrogens (tertiary/aromatic N) is 3. The number of rotatable bonds is 4. The number of aryl methyl sites for hydroxylation is 2. The van der Waals surface area contributed by atoms with Gasteiger partial charge in [-0.25, -0.2) is 0 Å². The first-order valence-electron chi connectivity index (χ1n) is 27.0. The van der Waals surface area contributed by atoms with Gasteiger partial charge in [-0.05, 0) is 178 Å². The Hall–Kier alpha value is -6.00. The van der Waals surface area contributed by atoms with Gasteiger partial charge in [0.25, 0.3) is 6.71 Å². The van der Waals surface area contributed by atoms with E-state index in [1.807, 2.05) is 0 Å². The highest BCUT2D eigenvalue weighted by atomic mass is 15.3. The van der Waals surface area contributed by atoms with E-state index in [4.69, 9.17) is 0 Å². The van der Waals surface area contributed by atoms with Crippen molar-refractivity contribution in [3.05, 3.63) is 172 Å². The van der Waals surface area contributed by atoms with Crippen LogP contribution in [0.2, 0.25) is 0 Å². The van der Waals surface area contributed by atoms with E-state index < -0.39 is 0 Å². The largest absolute Gasteiger partial charge is 0.334 e. The van der Waals surface area contributed by atoms with Gasteiger partial charge in [0, 0.05) is 50.8 Å². The summed E-state index contributed by atoms with van der Waals surface area (Å²) in [5.74, 6) is 0. The molecule has 0 spiro atoms. The third-order valence-electron chi connectivity index (χ3n) is 18.1. The van der Waals surface area contributed by atoms with E-state index in [2.05, 4.69) is 231 Å². The second-order valence-corrected chi connectivity index (χ2v) is 25.7. The van der Waals surface area contributed by atoms with Gasteiger partial charge in [-0.15, -0.1) is 0 Å². The predicted molar refractivity (Wildman–Crippen MR) is 306 cm³/mol. The fourth-order valence-corrected chi connectivity index (χ4v) is 14.2. The van der Waals surface area contributed by atoms with Gasteiger partial charge >= 0.3 is 0 Å². The van der Waals surface area contributed by atoms with Crippen LogP contribution in [0.5, 0.6) is 0 Å². The lowest BCUT2D eigenvalue weighted by molar-refractivity contribution is 0.218. The van der Waals surface area contributed by atoms with Crippen LogP contribution < -0.4 is 31.1 Å². The molecule has 1 fully saturated rings. The quantitative estimate of drug-likeness (QED) is 0.163. The Labute approximate surface area is 426 Å². The van der Waals surface area contributed by atoms with E-state index >= 15 is 0 Å². The summed E-state index contributed by atoms with van der Waals surface area (Å²) in [5.41, 5.74) is 27.0. The summed E-state index contributed by atoms with van der Waals surface area (Å²) in [7, 11) is 0. The maximum atomic E-state index is 2.80. The Kier molecular flexibility index (Phi) is 10.4. The number of para-hydroxylation sites is 1. The van der Waals surface area contributed by atoms with Gasteiger partial charge in [0.1, 0.15) is 0 Å². The molecule has 1 saturated carbocycles. The average Bonchev–Trinajstić information content (AvgIpc) is 3.72. The number of anilines is 8. The number of hydrogen-bond donors (Lipinski definition) is 0. The van der Waals surface area contributed by atoms with E-state index in [-0.39, 0.29) is 33.9 Å². The highest BCUT2D eigenvalue weighted by Gasteiger charge is 2.56. The summed E-state index contributed by atoms with van der Waals surface area (Å²) in [6, 6.07) is 53.1. The van der Waals surface area contributed by atoms with Crippen LogP contribution in [-0.4, -0.2) is 12.3 Å². The van der Waals surface area contributed by atoms with Crippen molar-refractivity contribution in [3.63, 3.8) is 0 Å². The van der Waals surface area contributed by atoms with E-state index in [1.165, 1.54) is 150 Å². The third-order valence-corrected chi connectivity index (χ3v) is 18.1. The molecule has 3 heterocycles. The van der Waals surface area contributed by atoms with Crippen molar-refractivity contribution >= 4 is 68.6 Å². The van der Waals surface area contributed by atoms with Crippen LogP contribution in [0.1, 0.15) is 147 Å². The van der Waals surface area contributed by atoms with Crippen molar-refractivity contribution in [1.29, 1.82) is 0 Å². The Morgan fingerprint density at radius 2 is 1.10 bits per heavy atom. The second-order valence-electron chi connectivity index (χ2n) is 25.7. The molecule has 2 atom stereocenters. The van der Waals surface area contributed by atoms with E-state index in [0.29, 0.717) is 0 Å². The fourth-order valence-electron chi connectivity index (χ4n) is 14.2. The second kappa shape index (κ2) is 16.0. The predicted octanol–water partition coefficient (Wildman–Crippen LogP) is 16.3. The maximum Gasteiger partial charge on any atom is 0.252 e. The molecular weight excluding hydrogens is 858 g/mol. The Morgan fingerprint density at radius 3 is 1.79 bits per heavy atom. The third kappa shape index (κ3) is 7.11. The number of benzene rings is 7. The van der Waals surface area contributed by atoms with Crippen molar-refractivity contribution in [1.82, 2.24) is 0 Å². The number of hydrogen-bond acceptors (Lipinski definition) is 3. The molecule has 4 heteroatoms. The SMILES string of the molecule is Cc1cc2c3c(c1)N(c1ccc(C(C)(C)C)cc1-c1ccccc1)c1cc4c(cc1B3c1ccc(N3c5ccccc5C5(C)CCCCCCC35C)cc1N2c1ccc(C(C)(C)C)cc1C)CC(C)(C)C4. The van der Waals surface area contributed by atoms with Crippen molar-refractivity contribution < 1.29 is 0 Å². The minimum absolute atomic E-state index is 0.00592. The van der Waals surface area contributed by atoms with Crippen molar-refractivity contribution in [2.45, 2.75) is 156 Å². The first-order chi connectivity index (χ1) is 33.8. The zero-order valence-electron chi connectivity index (χ0n) is 44.8. The molecule has 0 bridgehead atoms. The van der Waals surface area contributed by atoms with Gasteiger partial charge in [-0.1, -0.05) is 167 Å². The van der Waals surface area contributed by atoms with Crippen molar-refractivity contribution in [3.8, 4) is 11.1 Å². The van der Waals surface area contributed by atoms with Gasteiger partial charge in [0.2, 0.25) is 0 Å². The summed E-state index contributed by atoms with van der Waals surface area (Å²) < 4.78 is 0. The van der Waals surface area contributed by atoms with E-state index in [1.54, 1.807) is 0 Å². The van der Waals surface area contributed by atoms with Crippen molar-refractivity contribution in [2.24, 2.45) is 5.41 Å². The van der Waals surface area contributed by atoms with Crippen LogP contribution >= 0.6 is 0 Å². The molecule has 3 aliphatic heterocycles. The summed E-state index contributed by atoms with van der Waals surface area (Å²) in [6.45, 7) is 28.8. The average molecular weight is 932 g/mol. The molecule has 0 radical (unpaired) electrons. The molecule has 0 aromatic heterocycles. The number of fused-ring (bicyclic) bond motifs is 8. The lowest BCUT2D eigenvalue weighted by Gasteiger charge is -2.49. The van der Waals surface area contributed by atoms with Gasteiger partial charge < -0.3 is 14.7 Å². The zero-order valence-corrected chi connectivity index (χ0v) is 44.8. The topological polar surface area (TPSA) is 9.72 Å². The molecule has 0 saturated heterocycles. The minimum Gasteiger partial charge on any atom is -0.334 e. The van der Waals surface area contributed by atoms with Crippen LogP contribution in [0.25, 0.3) is 11.1 Å². The van der Waals surface area contributed by atoms with Gasteiger partial charge in [-0.2, -0.15) is 0 Å². The molecule has 71 heavy (non-hydrogen) atoms. The van der Waals surface area contributed by atoms with Gasteiger partial charge in [0.05, 0.1) is 11.2 Å². The highest BCUT2D eigenvalue weighted by molar-refractivity contribution is 7.00. The maximum absolute atomic E-state index is 2.80. The normalized spacial score (nSPS) is 20.9. The zero-order chi connectivity index (χ0) is 49.6. The van der Waals surface area contributed by atoms with Crippen LogP contribution in [0, 0.1) is 19.3 Å². The Morgan fingerprint density at radius 1 is 0.493 bits per heavy atom.